The highest BCUT2D eigenvalue weighted by Gasteiger charge is 2.17. The van der Waals surface area contributed by atoms with Crippen LogP contribution >= 0.6 is 0 Å². The van der Waals surface area contributed by atoms with Crippen molar-refractivity contribution >= 4 is 0 Å². The van der Waals surface area contributed by atoms with Crippen LogP contribution in [0.15, 0.2) is 30.0 Å². The molecule has 1 aliphatic rings. The summed E-state index contributed by atoms with van der Waals surface area (Å²) < 4.78 is 23.5. The summed E-state index contributed by atoms with van der Waals surface area (Å²) in [4.78, 5) is 0. The maximum absolute atomic E-state index is 13.2. The SMILES string of the molecule is COc1cc(C(N)C2=CCCO2)ccc1F. The number of hydrogen-bond acceptors (Lipinski definition) is 3. The summed E-state index contributed by atoms with van der Waals surface area (Å²) >= 11 is 0. The molecule has 1 aromatic rings. The monoisotopic (exact) mass is 223 g/mol. The van der Waals surface area contributed by atoms with Crippen molar-refractivity contribution in [3.63, 3.8) is 0 Å². The average molecular weight is 223 g/mol. The van der Waals surface area contributed by atoms with E-state index in [2.05, 4.69) is 0 Å². The van der Waals surface area contributed by atoms with Gasteiger partial charge in [0.1, 0.15) is 5.76 Å². The molecule has 0 saturated carbocycles. The second kappa shape index (κ2) is 4.53. The molecule has 2 rings (SSSR count). The molecule has 1 unspecified atom stereocenters. The highest BCUT2D eigenvalue weighted by Crippen LogP contribution is 2.27. The van der Waals surface area contributed by atoms with Crippen molar-refractivity contribution in [2.75, 3.05) is 13.7 Å². The zero-order chi connectivity index (χ0) is 11.5. The Morgan fingerprint density at radius 3 is 2.94 bits per heavy atom. The summed E-state index contributed by atoms with van der Waals surface area (Å²) in [6.45, 7) is 0.668. The molecule has 0 saturated heterocycles. The van der Waals surface area contributed by atoms with Gasteiger partial charge in [0.15, 0.2) is 11.6 Å². The molecular formula is C12H14FNO2. The molecule has 2 N–H and O–H groups in total. The smallest absolute Gasteiger partial charge is 0.165 e. The zero-order valence-corrected chi connectivity index (χ0v) is 9.07. The molecule has 0 fully saturated rings. The highest BCUT2D eigenvalue weighted by molar-refractivity contribution is 5.35. The number of ether oxygens (including phenoxy) is 2. The van der Waals surface area contributed by atoms with Crippen LogP contribution in [0.3, 0.4) is 0 Å². The second-order valence-corrected chi connectivity index (χ2v) is 3.62. The molecule has 16 heavy (non-hydrogen) atoms. The highest BCUT2D eigenvalue weighted by atomic mass is 19.1. The van der Waals surface area contributed by atoms with Gasteiger partial charge < -0.3 is 15.2 Å². The first-order valence-electron chi connectivity index (χ1n) is 5.14. The Labute approximate surface area is 93.7 Å². The Bertz CT molecular complexity index is 417. The molecule has 0 aliphatic carbocycles. The minimum absolute atomic E-state index is 0.201. The predicted molar refractivity (Wildman–Crippen MR) is 58.5 cm³/mol. The van der Waals surface area contributed by atoms with Crippen LogP contribution in [0.2, 0.25) is 0 Å². The molecule has 0 aromatic heterocycles. The molecule has 3 nitrogen and oxygen atoms in total. The summed E-state index contributed by atoms with van der Waals surface area (Å²) in [5.41, 5.74) is 6.79. The number of hydrogen-bond donors (Lipinski definition) is 1. The van der Waals surface area contributed by atoms with Gasteiger partial charge >= 0.3 is 0 Å². The maximum atomic E-state index is 13.2. The van der Waals surface area contributed by atoms with Crippen LogP contribution in [0.5, 0.6) is 5.75 Å². The molecule has 1 aliphatic heterocycles. The average Bonchev–Trinajstić information content (AvgIpc) is 2.82. The van der Waals surface area contributed by atoms with Crippen LogP contribution in [-0.2, 0) is 4.74 Å². The fourth-order valence-electron chi connectivity index (χ4n) is 1.69. The van der Waals surface area contributed by atoms with E-state index < -0.39 is 0 Å². The molecule has 0 bridgehead atoms. The molecule has 0 spiro atoms. The number of halogens is 1. The quantitative estimate of drug-likeness (QED) is 0.853. The van der Waals surface area contributed by atoms with E-state index in [1.165, 1.54) is 13.2 Å². The van der Waals surface area contributed by atoms with E-state index in [4.69, 9.17) is 15.2 Å². The lowest BCUT2D eigenvalue weighted by atomic mass is 10.1. The summed E-state index contributed by atoms with van der Waals surface area (Å²) in [7, 11) is 1.43. The Kier molecular flexibility index (Phi) is 3.10. The molecule has 1 aromatic carbocycles. The Morgan fingerprint density at radius 1 is 1.50 bits per heavy atom. The van der Waals surface area contributed by atoms with E-state index in [-0.39, 0.29) is 17.6 Å². The molecule has 0 radical (unpaired) electrons. The number of benzene rings is 1. The van der Waals surface area contributed by atoms with Gasteiger partial charge in [-0.05, 0) is 23.8 Å². The minimum atomic E-state index is -0.389. The summed E-state index contributed by atoms with van der Waals surface area (Å²) in [5.74, 6) is 0.556. The second-order valence-electron chi connectivity index (χ2n) is 3.62. The van der Waals surface area contributed by atoms with Crippen LogP contribution < -0.4 is 10.5 Å². The van der Waals surface area contributed by atoms with E-state index in [0.717, 1.165) is 17.7 Å². The van der Waals surface area contributed by atoms with Gasteiger partial charge in [-0.25, -0.2) is 4.39 Å². The van der Waals surface area contributed by atoms with Crippen molar-refractivity contribution in [3.8, 4) is 5.75 Å². The number of methoxy groups -OCH3 is 1. The first-order chi connectivity index (χ1) is 7.72. The van der Waals surface area contributed by atoms with E-state index in [1.54, 1.807) is 12.1 Å². The van der Waals surface area contributed by atoms with Crippen LogP contribution in [0.25, 0.3) is 0 Å². The third-order valence-corrected chi connectivity index (χ3v) is 2.57. The van der Waals surface area contributed by atoms with Gasteiger partial charge in [0.05, 0.1) is 19.8 Å². The van der Waals surface area contributed by atoms with Crippen LogP contribution in [-0.4, -0.2) is 13.7 Å². The molecule has 0 amide bonds. The predicted octanol–water partition coefficient (Wildman–Crippen LogP) is 2.14. The van der Waals surface area contributed by atoms with Gasteiger partial charge in [0.2, 0.25) is 0 Å². The topological polar surface area (TPSA) is 44.5 Å². The van der Waals surface area contributed by atoms with Gasteiger partial charge in [0.25, 0.3) is 0 Å². The Balaban J connectivity index is 2.26. The van der Waals surface area contributed by atoms with Gasteiger partial charge in [0, 0.05) is 6.42 Å². The normalized spacial score (nSPS) is 16.6. The summed E-state index contributed by atoms with van der Waals surface area (Å²) in [6.07, 6.45) is 2.84. The molecular weight excluding hydrogens is 209 g/mol. The molecule has 4 heteroatoms. The lowest BCUT2D eigenvalue weighted by molar-refractivity contribution is 0.225. The Hall–Kier alpha value is -1.55. The lowest BCUT2D eigenvalue weighted by Crippen LogP contribution is -2.13. The fourth-order valence-corrected chi connectivity index (χ4v) is 1.69. The largest absolute Gasteiger partial charge is 0.496 e. The maximum Gasteiger partial charge on any atom is 0.165 e. The number of rotatable bonds is 3. The van der Waals surface area contributed by atoms with Crippen molar-refractivity contribution in [1.82, 2.24) is 0 Å². The third-order valence-electron chi connectivity index (χ3n) is 2.57. The van der Waals surface area contributed by atoms with Crippen molar-refractivity contribution in [1.29, 1.82) is 0 Å². The number of nitrogens with two attached hydrogens (primary N) is 1. The van der Waals surface area contributed by atoms with Crippen LogP contribution in [0.4, 0.5) is 4.39 Å². The van der Waals surface area contributed by atoms with Gasteiger partial charge in [-0.2, -0.15) is 0 Å². The fraction of sp³-hybridized carbons (Fsp3) is 0.333. The lowest BCUT2D eigenvalue weighted by Gasteiger charge is -2.14. The molecule has 1 atom stereocenters. The van der Waals surface area contributed by atoms with Crippen molar-refractivity contribution in [2.45, 2.75) is 12.5 Å². The van der Waals surface area contributed by atoms with Crippen LogP contribution in [0, 0.1) is 5.82 Å². The van der Waals surface area contributed by atoms with E-state index >= 15 is 0 Å². The minimum Gasteiger partial charge on any atom is -0.496 e. The summed E-state index contributed by atoms with van der Waals surface area (Å²) in [5, 5.41) is 0. The van der Waals surface area contributed by atoms with Gasteiger partial charge in [-0.1, -0.05) is 6.07 Å². The van der Waals surface area contributed by atoms with E-state index in [1.807, 2.05) is 6.08 Å². The van der Waals surface area contributed by atoms with E-state index in [9.17, 15) is 4.39 Å². The zero-order valence-electron chi connectivity index (χ0n) is 9.07. The van der Waals surface area contributed by atoms with E-state index in [0.29, 0.717) is 6.61 Å². The van der Waals surface area contributed by atoms with Crippen molar-refractivity contribution < 1.29 is 13.9 Å². The summed E-state index contributed by atoms with van der Waals surface area (Å²) in [6, 6.07) is 4.24. The molecule has 86 valence electrons. The van der Waals surface area contributed by atoms with Gasteiger partial charge in [-0.15, -0.1) is 0 Å². The van der Waals surface area contributed by atoms with Gasteiger partial charge in [-0.3, -0.25) is 0 Å². The molecule has 1 heterocycles. The third kappa shape index (κ3) is 2.02. The standard InChI is InChI=1S/C12H14FNO2/c1-15-11-7-8(4-5-9(11)13)12(14)10-3-2-6-16-10/h3-5,7,12H,2,6,14H2,1H3. The van der Waals surface area contributed by atoms with Crippen molar-refractivity contribution in [3.05, 3.63) is 41.4 Å². The first kappa shape index (κ1) is 11.0. The first-order valence-corrected chi connectivity index (χ1v) is 5.14. The van der Waals surface area contributed by atoms with Crippen molar-refractivity contribution in [2.24, 2.45) is 5.73 Å². The Morgan fingerprint density at radius 2 is 2.31 bits per heavy atom. The van der Waals surface area contributed by atoms with Crippen LogP contribution in [0.1, 0.15) is 18.0 Å².